The molecule has 0 aliphatic heterocycles. The van der Waals surface area contributed by atoms with Crippen LogP contribution in [0.4, 0.5) is 0 Å². The van der Waals surface area contributed by atoms with Crippen molar-refractivity contribution in [1.29, 1.82) is 0 Å². The number of carboxylic acid groups (broad SMARTS) is 1. The summed E-state index contributed by atoms with van der Waals surface area (Å²) in [5, 5.41) is 12.6. The molecule has 0 aliphatic carbocycles. The van der Waals surface area contributed by atoms with Crippen molar-refractivity contribution in [3.63, 3.8) is 0 Å². The molecular weight excluding hydrogens is 238 g/mol. The molecule has 6 heteroatoms. The van der Waals surface area contributed by atoms with E-state index in [1.807, 2.05) is 0 Å². The molecule has 0 unspecified atom stereocenters. The van der Waals surface area contributed by atoms with Gasteiger partial charge >= 0.3 is 5.97 Å². The number of ether oxygens (including phenoxy) is 2. The third kappa shape index (κ3) is 2.42. The van der Waals surface area contributed by atoms with Gasteiger partial charge in [-0.15, -0.1) is 0 Å². The molecule has 0 spiro atoms. The second kappa shape index (κ2) is 5.22. The Morgan fingerprint density at radius 2 is 2.28 bits per heavy atom. The van der Waals surface area contributed by atoms with Gasteiger partial charge in [-0.2, -0.15) is 0 Å². The lowest BCUT2D eigenvalue weighted by Crippen LogP contribution is -2.04. The fraction of sp³-hybridized carbons (Fsp3) is 0.167. The first-order valence-corrected chi connectivity index (χ1v) is 5.15. The van der Waals surface area contributed by atoms with Crippen molar-refractivity contribution in [3.05, 3.63) is 41.8 Å². The molecule has 0 saturated carbocycles. The van der Waals surface area contributed by atoms with Gasteiger partial charge in [0.25, 0.3) is 0 Å². The molecule has 2 aromatic rings. The minimum Gasteiger partial charge on any atom is -0.493 e. The summed E-state index contributed by atoms with van der Waals surface area (Å²) < 4.78 is 15.4. The number of benzene rings is 1. The van der Waals surface area contributed by atoms with Crippen molar-refractivity contribution < 1.29 is 23.9 Å². The van der Waals surface area contributed by atoms with Gasteiger partial charge in [0, 0.05) is 6.07 Å². The Labute approximate surface area is 103 Å². The molecule has 1 aromatic carbocycles. The molecule has 0 amide bonds. The summed E-state index contributed by atoms with van der Waals surface area (Å²) in [6.07, 6.45) is 1.49. The maximum Gasteiger partial charge on any atom is 0.339 e. The molecule has 0 radical (unpaired) electrons. The number of methoxy groups -OCH3 is 1. The maximum absolute atomic E-state index is 11.1. The zero-order valence-corrected chi connectivity index (χ0v) is 9.62. The Morgan fingerprint density at radius 1 is 1.44 bits per heavy atom. The van der Waals surface area contributed by atoms with Crippen LogP contribution in [0.1, 0.15) is 16.1 Å². The molecular formula is C12H11NO5. The van der Waals surface area contributed by atoms with Gasteiger partial charge in [-0.05, 0) is 12.1 Å². The van der Waals surface area contributed by atoms with Crippen molar-refractivity contribution >= 4 is 5.97 Å². The van der Waals surface area contributed by atoms with E-state index >= 15 is 0 Å². The lowest BCUT2D eigenvalue weighted by atomic mass is 10.2. The highest BCUT2D eigenvalue weighted by Gasteiger charge is 2.16. The molecule has 94 valence electrons. The summed E-state index contributed by atoms with van der Waals surface area (Å²) in [5.41, 5.74) is 0.0360. The number of hydrogen-bond donors (Lipinski definition) is 1. The second-order valence-electron chi connectivity index (χ2n) is 3.41. The first-order valence-electron chi connectivity index (χ1n) is 5.15. The van der Waals surface area contributed by atoms with Crippen LogP contribution in [0.3, 0.4) is 0 Å². The van der Waals surface area contributed by atoms with E-state index in [0.29, 0.717) is 11.5 Å². The number of aromatic nitrogens is 1. The van der Waals surface area contributed by atoms with Crippen LogP contribution >= 0.6 is 0 Å². The minimum absolute atomic E-state index is 0.0360. The Bertz CT molecular complexity index is 535. The highest BCUT2D eigenvalue weighted by Crippen LogP contribution is 2.31. The number of rotatable bonds is 5. The van der Waals surface area contributed by atoms with E-state index in [4.69, 9.17) is 19.1 Å². The SMILES string of the molecule is COc1cccc(C(=O)O)c1OCc1ccno1. The molecule has 6 nitrogen and oxygen atoms in total. The average molecular weight is 249 g/mol. The van der Waals surface area contributed by atoms with E-state index in [2.05, 4.69) is 5.16 Å². The van der Waals surface area contributed by atoms with Crippen LogP contribution in [-0.2, 0) is 6.61 Å². The Hall–Kier alpha value is -2.50. The number of carboxylic acids is 1. The monoisotopic (exact) mass is 249 g/mol. The third-order valence-electron chi connectivity index (χ3n) is 2.28. The van der Waals surface area contributed by atoms with Gasteiger partial charge in [0.1, 0.15) is 12.2 Å². The standard InChI is InChI=1S/C12H11NO5/c1-16-10-4-2-3-9(12(14)15)11(10)17-7-8-5-6-13-18-8/h2-6H,7H2,1H3,(H,14,15). The van der Waals surface area contributed by atoms with Crippen LogP contribution < -0.4 is 9.47 Å². The van der Waals surface area contributed by atoms with Gasteiger partial charge in [0.15, 0.2) is 17.3 Å². The van der Waals surface area contributed by atoms with Crippen molar-refractivity contribution in [2.24, 2.45) is 0 Å². The van der Waals surface area contributed by atoms with Crippen LogP contribution in [0.25, 0.3) is 0 Å². The fourth-order valence-corrected chi connectivity index (χ4v) is 1.45. The van der Waals surface area contributed by atoms with E-state index in [1.165, 1.54) is 19.4 Å². The lowest BCUT2D eigenvalue weighted by molar-refractivity contribution is 0.0690. The van der Waals surface area contributed by atoms with E-state index in [0.717, 1.165) is 0 Å². The molecule has 1 heterocycles. The summed E-state index contributed by atoms with van der Waals surface area (Å²) >= 11 is 0. The lowest BCUT2D eigenvalue weighted by Gasteiger charge is -2.11. The summed E-state index contributed by atoms with van der Waals surface area (Å²) in [7, 11) is 1.45. The van der Waals surface area contributed by atoms with Crippen molar-refractivity contribution in [2.45, 2.75) is 6.61 Å². The van der Waals surface area contributed by atoms with E-state index in [1.54, 1.807) is 18.2 Å². The van der Waals surface area contributed by atoms with Crippen LogP contribution in [0.5, 0.6) is 11.5 Å². The number of hydrogen-bond acceptors (Lipinski definition) is 5. The van der Waals surface area contributed by atoms with Crippen LogP contribution in [0.15, 0.2) is 35.0 Å². The van der Waals surface area contributed by atoms with Crippen LogP contribution in [0.2, 0.25) is 0 Å². The Kier molecular flexibility index (Phi) is 3.47. The molecule has 1 N–H and O–H groups in total. The van der Waals surface area contributed by atoms with Crippen molar-refractivity contribution in [1.82, 2.24) is 5.16 Å². The Balaban J connectivity index is 2.26. The van der Waals surface area contributed by atoms with E-state index in [9.17, 15) is 4.79 Å². The van der Waals surface area contributed by atoms with Crippen molar-refractivity contribution in [3.8, 4) is 11.5 Å². The number of carbonyl (C=O) groups is 1. The molecule has 18 heavy (non-hydrogen) atoms. The van der Waals surface area contributed by atoms with Gasteiger partial charge in [-0.3, -0.25) is 0 Å². The summed E-state index contributed by atoms with van der Waals surface area (Å²) in [6, 6.07) is 6.29. The molecule has 0 bridgehead atoms. The summed E-state index contributed by atoms with van der Waals surface area (Å²) in [5.74, 6) is -0.0583. The summed E-state index contributed by atoms with van der Waals surface area (Å²) in [6.45, 7) is 0.0840. The predicted molar refractivity (Wildman–Crippen MR) is 60.8 cm³/mol. The zero-order valence-electron chi connectivity index (χ0n) is 9.62. The quantitative estimate of drug-likeness (QED) is 0.872. The Morgan fingerprint density at radius 3 is 2.89 bits per heavy atom. The van der Waals surface area contributed by atoms with Gasteiger partial charge in [0.05, 0.1) is 13.3 Å². The van der Waals surface area contributed by atoms with Gasteiger partial charge in [-0.1, -0.05) is 11.2 Å². The van der Waals surface area contributed by atoms with E-state index < -0.39 is 5.97 Å². The van der Waals surface area contributed by atoms with E-state index in [-0.39, 0.29) is 17.9 Å². The average Bonchev–Trinajstić information content (AvgIpc) is 2.88. The second-order valence-corrected chi connectivity index (χ2v) is 3.41. The number of para-hydroxylation sites is 1. The predicted octanol–water partition coefficient (Wildman–Crippen LogP) is 1.96. The molecule has 0 saturated heterocycles. The summed E-state index contributed by atoms with van der Waals surface area (Å²) in [4.78, 5) is 11.1. The van der Waals surface area contributed by atoms with Crippen molar-refractivity contribution in [2.75, 3.05) is 7.11 Å². The van der Waals surface area contributed by atoms with Gasteiger partial charge in [0.2, 0.25) is 0 Å². The first-order chi connectivity index (χ1) is 8.72. The smallest absolute Gasteiger partial charge is 0.339 e. The highest BCUT2D eigenvalue weighted by molar-refractivity contribution is 5.92. The third-order valence-corrected chi connectivity index (χ3v) is 2.28. The molecule has 1 aromatic heterocycles. The number of nitrogens with zero attached hydrogens (tertiary/aromatic N) is 1. The first kappa shape index (κ1) is 12.0. The molecule has 0 fully saturated rings. The van der Waals surface area contributed by atoms with Gasteiger partial charge < -0.3 is 19.1 Å². The molecule has 0 aliphatic rings. The van der Waals surface area contributed by atoms with Gasteiger partial charge in [-0.25, -0.2) is 4.79 Å². The van der Waals surface area contributed by atoms with Crippen LogP contribution in [-0.4, -0.2) is 23.3 Å². The molecule has 0 atom stereocenters. The largest absolute Gasteiger partial charge is 0.493 e. The maximum atomic E-state index is 11.1. The van der Waals surface area contributed by atoms with Crippen LogP contribution in [0, 0.1) is 0 Å². The highest BCUT2D eigenvalue weighted by atomic mass is 16.5. The molecule has 2 rings (SSSR count). The zero-order chi connectivity index (χ0) is 13.0. The fourth-order valence-electron chi connectivity index (χ4n) is 1.45. The number of aromatic carboxylic acids is 1. The topological polar surface area (TPSA) is 81.8 Å². The normalized spacial score (nSPS) is 10.1. The minimum atomic E-state index is -1.08.